The van der Waals surface area contributed by atoms with Crippen LogP contribution >= 0.6 is 0 Å². The van der Waals surface area contributed by atoms with Crippen LogP contribution in [0.3, 0.4) is 0 Å². The highest BCUT2D eigenvalue weighted by molar-refractivity contribution is 5.95. The molecule has 0 bridgehead atoms. The van der Waals surface area contributed by atoms with E-state index < -0.39 is 0 Å². The smallest absolute Gasteiger partial charge is 0.340 e. The molecule has 0 atom stereocenters. The summed E-state index contributed by atoms with van der Waals surface area (Å²) >= 11 is 0. The quantitative estimate of drug-likeness (QED) is 0.730. The first-order valence-corrected chi connectivity index (χ1v) is 8.56. The zero-order valence-corrected chi connectivity index (χ0v) is 13.8. The molecule has 3 heterocycles. The number of hydrogen-bond acceptors (Lipinski definition) is 5. The number of aromatic amines is 2. The number of benzene rings is 1. The fourth-order valence-electron chi connectivity index (χ4n) is 3.49. The van der Waals surface area contributed by atoms with Gasteiger partial charge in [0.05, 0.1) is 6.10 Å². The van der Waals surface area contributed by atoms with Gasteiger partial charge in [-0.1, -0.05) is 12.1 Å². The van der Waals surface area contributed by atoms with Gasteiger partial charge >= 0.3 is 5.69 Å². The third-order valence-electron chi connectivity index (χ3n) is 5.05. The number of carbonyl (C=O) groups excluding carboxylic acids is 1. The maximum atomic E-state index is 12.7. The first-order chi connectivity index (χ1) is 12.1. The maximum absolute atomic E-state index is 12.7. The summed E-state index contributed by atoms with van der Waals surface area (Å²) in [6.45, 7) is 3.24. The van der Waals surface area contributed by atoms with E-state index in [-0.39, 0.29) is 17.7 Å². The molecule has 0 aliphatic carbocycles. The van der Waals surface area contributed by atoms with Gasteiger partial charge < -0.3 is 10.0 Å². The molecule has 2 aliphatic heterocycles. The largest absolute Gasteiger partial charge is 0.393 e. The van der Waals surface area contributed by atoms with Crippen LogP contribution in [0.4, 0.5) is 0 Å². The normalized spacial score (nSPS) is 19.8. The average Bonchev–Trinajstić information content (AvgIpc) is 3.02. The van der Waals surface area contributed by atoms with Crippen LogP contribution in [0.5, 0.6) is 0 Å². The molecule has 1 amide bonds. The van der Waals surface area contributed by atoms with Crippen molar-refractivity contribution in [3.8, 4) is 11.4 Å². The number of aliphatic hydroxyl groups is 1. The van der Waals surface area contributed by atoms with Crippen LogP contribution in [0.25, 0.3) is 11.4 Å². The van der Waals surface area contributed by atoms with Crippen molar-refractivity contribution in [2.24, 2.45) is 0 Å². The summed E-state index contributed by atoms with van der Waals surface area (Å²) in [5.41, 5.74) is 0.920. The molecule has 4 rings (SSSR count). The molecular formula is C17H21N5O3. The Morgan fingerprint density at radius 2 is 2.00 bits per heavy atom. The molecule has 0 unspecified atom stereocenters. The molecule has 2 fully saturated rings. The van der Waals surface area contributed by atoms with Crippen LogP contribution in [0, 0.1) is 0 Å². The van der Waals surface area contributed by atoms with E-state index in [1.165, 1.54) is 0 Å². The molecule has 8 heteroatoms. The van der Waals surface area contributed by atoms with E-state index in [9.17, 15) is 14.7 Å². The first-order valence-electron chi connectivity index (χ1n) is 8.56. The number of likely N-dealkylation sites (tertiary alicyclic amines) is 2. The Labute approximate surface area is 144 Å². The van der Waals surface area contributed by atoms with E-state index in [1.807, 2.05) is 4.90 Å². The standard InChI is InChI=1S/C17H21N5O3/c23-14-4-6-21(7-5-14)13-9-22(10-13)16(24)12-3-1-2-11(8-12)15-18-17(25)20-19-15/h1-3,8,13-14,23H,4-7,9-10H2,(H2,18,19,20,25). The summed E-state index contributed by atoms with van der Waals surface area (Å²) in [5, 5.41) is 15.8. The maximum Gasteiger partial charge on any atom is 0.340 e. The van der Waals surface area contributed by atoms with Gasteiger partial charge in [-0.25, -0.2) is 9.89 Å². The first kappa shape index (κ1) is 16.0. The van der Waals surface area contributed by atoms with Crippen molar-refractivity contribution < 1.29 is 9.90 Å². The number of piperidine rings is 1. The Balaban J connectivity index is 1.40. The molecule has 132 valence electrons. The Hall–Kier alpha value is -2.45. The molecule has 0 saturated carbocycles. The number of aliphatic hydroxyl groups excluding tert-OH is 1. The van der Waals surface area contributed by atoms with E-state index in [4.69, 9.17) is 0 Å². The Morgan fingerprint density at radius 3 is 2.68 bits per heavy atom. The highest BCUT2D eigenvalue weighted by atomic mass is 16.3. The lowest BCUT2D eigenvalue weighted by atomic mass is 10.00. The van der Waals surface area contributed by atoms with Crippen LogP contribution < -0.4 is 5.69 Å². The highest BCUT2D eigenvalue weighted by Gasteiger charge is 2.36. The summed E-state index contributed by atoms with van der Waals surface area (Å²) < 4.78 is 0. The predicted molar refractivity (Wildman–Crippen MR) is 91.1 cm³/mol. The van der Waals surface area contributed by atoms with Gasteiger partial charge in [-0.05, 0) is 25.0 Å². The van der Waals surface area contributed by atoms with Gasteiger partial charge in [-0.3, -0.25) is 14.7 Å². The number of nitrogens with one attached hydrogen (secondary N) is 2. The molecular weight excluding hydrogens is 322 g/mol. The van der Waals surface area contributed by atoms with Gasteiger partial charge in [0.15, 0.2) is 5.82 Å². The average molecular weight is 343 g/mol. The van der Waals surface area contributed by atoms with E-state index in [2.05, 4.69) is 20.1 Å². The van der Waals surface area contributed by atoms with E-state index in [0.29, 0.717) is 23.0 Å². The zero-order chi connectivity index (χ0) is 17.4. The van der Waals surface area contributed by atoms with Crippen LogP contribution in [0.15, 0.2) is 29.1 Å². The summed E-state index contributed by atoms with van der Waals surface area (Å²) in [5.74, 6) is 0.418. The number of amides is 1. The highest BCUT2D eigenvalue weighted by Crippen LogP contribution is 2.23. The van der Waals surface area contributed by atoms with Crippen LogP contribution in [-0.4, -0.2) is 74.3 Å². The zero-order valence-electron chi connectivity index (χ0n) is 13.8. The predicted octanol–water partition coefficient (Wildman–Crippen LogP) is 0.0461. The van der Waals surface area contributed by atoms with Crippen molar-refractivity contribution in [1.29, 1.82) is 0 Å². The lowest BCUT2D eigenvalue weighted by Crippen LogP contribution is -2.62. The number of carbonyl (C=O) groups is 1. The van der Waals surface area contributed by atoms with Crippen LogP contribution in [-0.2, 0) is 0 Å². The molecule has 3 N–H and O–H groups in total. The molecule has 1 aromatic carbocycles. The summed E-state index contributed by atoms with van der Waals surface area (Å²) in [4.78, 5) is 30.6. The summed E-state index contributed by atoms with van der Waals surface area (Å²) in [6, 6.07) is 7.52. The van der Waals surface area contributed by atoms with E-state index in [0.717, 1.165) is 39.0 Å². The van der Waals surface area contributed by atoms with Crippen molar-refractivity contribution in [3.05, 3.63) is 40.3 Å². The second kappa shape index (κ2) is 6.45. The van der Waals surface area contributed by atoms with Crippen LogP contribution in [0.2, 0.25) is 0 Å². The van der Waals surface area contributed by atoms with Crippen molar-refractivity contribution in [2.45, 2.75) is 25.0 Å². The number of aromatic nitrogens is 3. The second-order valence-corrected chi connectivity index (χ2v) is 6.74. The number of rotatable bonds is 3. The van der Waals surface area contributed by atoms with E-state index >= 15 is 0 Å². The van der Waals surface area contributed by atoms with Gasteiger partial charge in [0, 0.05) is 43.3 Å². The van der Waals surface area contributed by atoms with Crippen LogP contribution in [0.1, 0.15) is 23.2 Å². The minimum atomic E-state index is -0.371. The summed E-state index contributed by atoms with van der Waals surface area (Å²) in [6.07, 6.45) is 1.45. The van der Waals surface area contributed by atoms with Crippen molar-refractivity contribution in [3.63, 3.8) is 0 Å². The van der Waals surface area contributed by atoms with Gasteiger partial charge in [-0.15, -0.1) is 0 Å². The van der Waals surface area contributed by atoms with Gasteiger partial charge in [0.25, 0.3) is 5.91 Å². The molecule has 0 radical (unpaired) electrons. The third-order valence-corrected chi connectivity index (χ3v) is 5.05. The molecule has 0 spiro atoms. The number of nitrogens with zero attached hydrogens (tertiary/aromatic N) is 3. The van der Waals surface area contributed by atoms with Gasteiger partial charge in [-0.2, -0.15) is 5.10 Å². The minimum Gasteiger partial charge on any atom is -0.393 e. The van der Waals surface area contributed by atoms with Crippen molar-refractivity contribution >= 4 is 5.91 Å². The monoisotopic (exact) mass is 343 g/mol. The van der Waals surface area contributed by atoms with Gasteiger partial charge in [0.2, 0.25) is 0 Å². The fraction of sp³-hybridized carbons (Fsp3) is 0.471. The van der Waals surface area contributed by atoms with Crippen molar-refractivity contribution in [1.82, 2.24) is 25.0 Å². The second-order valence-electron chi connectivity index (χ2n) is 6.74. The Bertz CT molecular complexity index is 815. The number of hydrogen-bond donors (Lipinski definition) is 3. The number of H-pyrrole nitrogens is 2. The van der Waals surface area contributed by atoms with E-state index in [1.54, 1.807) is 24.3 Å². The molecule has 8 nitrogen and oxygen atoms in total. The topological polar surface area (TPSA) is 105 Å². The summed E-state index contributed by atoms with van der Waals surface area (Å²) in [7, 11) is 0. The lowest BCUT2D eigenvalue weighted by molar-refractivity contribution is -0.000420. The Kier molecular flexibility index (Phi) is 4.14. The van der Waals surface area contributed by atoms with Gasteiger partial charge in [0.1, 0.15) is 0 Å². The SMILES string of the molecule is O=C(c1cccc(-c2n[nH]c(=O)[nH]2)c1)N1CC(N2CCC(O)CC2)C1. The molecule has 1 aromatic heterocycles. The third kappa shape index (κ3) is 3.22. The fourth-order valence-corrected chi connectivity index (χ4v) is 3.49. The minimum absolute atomic E-state index is 0.00646. The molecule has 2 aromatic rings. The molecule has 2 aliphatic rings. The molecule has 2 saturated heterocycles. The molecule has 25 heavy (non-hydrogen) atoms. The Morgan fingerprint density at radius 1 is 1.24 bits per heavy atom. The van der Waals surface area contributed by atoms with Crippen molar-refractivity contribution in [2.75, 3.05) is 26.2 Å². The lowest BCUT2D eigenvalue weighted by Gasteiger charge is -2.47.